The van der Waals surface area contributed by atoms with Gasteiger partial charge in [-0.2, -0.15) is 0 Å². The Hall–Kier alpha value is -3.13. The number of fused-ring (bicyclic) bond motifs is 1. The quantitative estimate of drug-likeness (QED) is 0.721. The van der Waals surface area contributed by atoms with Crippen LogP contribution in [-0.2, 0) is 6.42 Å². The molecule has 0 spiro atoms. The van der Waals surface area contributed by atoms with Gasteiger partial charge in [0.25, 0.3) is 5.91 Å². The number of rotatable bonds is 3. The van der Waals surface area contributed by atoms with Crippen molar-refractivity contribution in [2.24, 2.45) is 0 Å². The number of amides is 1. The van der Waals surface area contributed by atoms with Crippen LogP contribution in [0.5, 0.6) is 0 Å². The van der Waals surface area contributed by atoms with Gasteiger partial charge in [0.05, 0.1) is 0 Å². The number of nitrogens with one attached hydrogen (secondary N) is 1. The van der Waals surface area contributed by atoms with Crippen LogP contribution >= 0.6 is 0 Å². The third-order valence-corrected chi connectivity index (χ3v) is 4.32. The molecule has 1 amide bonds. The van der Waals surface area contributed by atoms with E-state index in [-0.39, 0.29) is 5.91 Å². The molecule has 0 atom stereocenters. The topological polar surface area (TPSA) is 29.1 Å². The molecular formula is C22H17NO. The van der Waals surface area contributed by atoms with Crippen molar-refractivity contribution in [3.05, 3.63) is 101 Å². The highest BCUT2D eigenvalue weighted by Crippen LogP contribution is 2.34. The van der Waals surface area contributed by atoms with Crippen molar-refractivity contribution < 1.29 is 4.79 Å². The number of carbonyl (C=O) groups is 1. The fourth-order valence-corrected chi connectivity index (χ4v) is 3.11. The van der Waals surface area contributed by atoms with E-state index in [0.29, 0.717) is 5.56 Å². The van der Waals surface area contributed by atoms with Crippen LogP contribution in [0.1, 0.15) is 27.0 Å². The highest BCUT2D eigenvalue weighted by atomic mass is 16.1. The van der Waals surface area contributed by atoms with Crippen LogP contribution in [-0.4, -0.2) is 5.91 Å². The van der Waals surface area contributed by atoms with E-state index in [1.54, 1.807) is 0 Å². The van der Waals surface area contributed by atoms with Gasteiger partial charge >= 0.3 is 0 Å². The second-order valence-corrected chi connectivity index (χ2v) is 5.91. The maximum atomic E-state index is 12.5. The van der Waals surface area contributed by atoms with Crippen molar-refractivity contribution in [1.29, 1.82) is 0 Å². The zero-order valence-electron chi connectivity index (χ0n) is 13.2. The molecule has 3 aromatic carbocycles. The van der Waals surface area contributed by atoms with Crippen LogP contribution in [0.2, 0.25) is 0 Å². The van der Waals surface area contributed by atoms with Gasteiger partial charge in [0.15, 0.2) is 0 Å². The zero-order chi connectivity index (χ0) is 16.4. The summed E-state index contributed by atoms with van der Waals surface area (Å²) in [5.74, 6) is -0.0841. The van der Waals surface area contributed by atoms with Gasteiger partial charge in [-0.25, -0.2) is 0 Å². The molecule has 2 heteroatoms. The first-order valence-corrected chi connectivity index (χ1v) is 8.05. The Kier molecular flexibility index (Phi) is 3.72. The molecule has 24 heavy (non-hydrogen) atoms. The molecule has 1 aliphatic rings. The smallest absolute Gasteiger partial charge is 0.255 e. The number of allylic oxidation sites excluding steroid dienone is 1. The summed E-state index contributed by atoms with van der Waals surface area (Å²) in [6.07, 6.45) is 3.11. The molecule has 0 aromatic heterocycles. The molecule has 1 N–H and O–H groups in total. The summed E-state index contributed by atoms with van der Waals surface area (Å²) in [5.41, 5.74) is 6.42. The third kappa shape index (κ3) is 2.74. The van der Waals surface area contributed by atoms with Crippen LogP contribution in [0.15, 0.2) is 78.9 Å². The van der Waals surface area contributed by atoms with Gasteiger partial charge in [0, 0.05) is 16.8 Å². The lowest BCUT2D eigenvalue weighted by molar-refractivity contribution is 0.102. The molecule has 0 saturated heterocycles. The Morgan fingerprint density at radius 3 is 2.33 bits per heavy atom. The maximum absolute atomic E-state index is 12.5. The van der Waals surface area contributed by atoms with Crippen molar-refractivity contribution in [2.75, 3.05) is 5.32 Å². The summed E-state index contributed by atoms with van der Waals surface area (Å²) < 4.78 is 0. The van der Waals surface area contributed by atoms with Crippen LogP contribution in [0.3, 0.4) is 0 Å². The summed E-state index contributed by atoms with van der Waals surface area (Å²) >= 11 is 0. The fourth-order valence-electron chi connectivity index (χ4n) is 3.11. The second-order valence-electron chi connectivity index (χ2n) is 5.91. The van der Waals surface area contributed by atoms with Gasteiger partial charge in [0.2, 0.25) is 0 Å². The Bertz CT molecular complexity index is 925. The van der Waals surface area contributed by atoms with Crippen molar-refractivity contribution in [1.82, 2.24) is 0 Å². The van der Waals surface area contributed by atoms with Gasteiger partial charge in [-0.1, -0.05) is 66.7 Å². The Morgan fingerprint density at radius 2 is 1.50 bits per heavy atom. The van der Waals surface area contributed by atoms with Crippen LogP contribution in [0, 0.1) is 0 Å². The first-order chi connectivity index (χ1) is 11.8. The maximum Gasteiger partial charge on any atom is 0.255 e. The summed E-state index contributed by atoms with van der Waals surface area (Å²) in [7, 11) is 0. The van der Waals surface area contributed by atoms with Crippen LogP contribution in [0.25, 0.3) is 11.6 Å². The normalized spacial score (nSPS) is 12.4. The van der Waals surface area contributed by atoms with Crippen LogP contribution < -0.4 is 5.32 Å². The average Bonchev–Trinajstić information content (AvgIpc) is 3.07. The van der Waals surface area contributed by atoms with Crippen molar-refractivity contribution >= 4 is 23.2 Å². The number of hydrogen-bond acceptors (Lipinski definition) is 1. The third-order valence-electron chi connectivity index (χ3n) is 4.32. The molecule has 0 radical (unpaired) electrons. The molecule has 0 fully saturated rings. The van der Waals surface area contributed by atoms with E-state index in [0.717, 1.165) is 17.7 Å². The van der Waals surface area contributed by atoms with E-state index in [1.165, 1.54) is 16.7 Å². The molecule has 0 saturated carbocycles. The van der Waals surface area contributed by atoms with Gasteiger partial charge in [0.1, 0.15) is 0 Å². The molecule has 0 heterocycles. The number of hydrogen-bond donors (Lipinski definition) is 1. The van der Waals surface area contributed by atoms with Crippen molar-refractivity contribution in [3.8, 4) is 0 Å². The monoisotopic (exact) mass is 311 g/mol. The molecule has 0 bridgehead atoms. The Balaban J connectivity index is 1.64. The minimum absolute atomic E-state index is 0.0841. The molecule has 0 unspecified atom stereocenters. The fraction of sp³-hybridized carbons (Fsp3) is 0.0455. The minimum atomic E-state index is -0.0841. The second kappa shape index (κ2) is 6.17. The number of anilines is 1. The van der Waals surface area contributed by atoms with E-state index >= 15 is 0 Å². The van der Waals surface area contributed by atoms with E-state index < -0.39 is 0 Å². The standard InChI is InChI=1S/C22H17NO/c24-22(16-8-2-1-3-9-16)23-21-13-7-6-12-20(21)19-14-17-10-4-5-11-18(17)15-19/h1-14H,15H2,(H,23,24). The lowest BCUT2D eigenvalue weighted by Gasteiger charge is -2.12. The lowest BCUT2D eigenvalue weighted by Crippen LogP contribution is -2.13. The van der Waals surface area contributed by atoms with E-state index in [4.69, 9.17) is 0 Å². The zero-order valence-corrected chi connectivity index (χ0v) is 13.2. The summed E-state index contributed by atoms with van der Waals surface area (Å²) in [4.78, 5) is 12.5. The molecule has 4 rings (SSSR count). The molecule has 2 nitrogen and oxygen atoms in total. The first-order valence-electron chi connectivity index (χ1n) is 8.05. The summed E-state index contributed by atoms with van der Waals surface area (Å²) in [6, 6.07) is 25.7. The number of benzene rings is 3. The first kappa shape index (κ1) is 14.5. The van der Waals surface area contributed by atoms with Gasteiger partial charge in [-0.15, -0.1) is 0 Å². The molecule has 3 aromatic rings. The largest absolute Gasteiger partial charge is 0.321 e. The SMILES string of the molecule is O=C(Nc1ccccc1C1=Cc2ccccc2C1)c1ccccc1. The molecule has 1 aliphatic carbocycles. The highest BCUT2D eigenvalue weighted by Gasteiger charge is 2.17. The van der Waals surface area contributed by atoms with E-state index in [1.807, 2.05) is 48.5 Å². The van der Waals surface area contributed by atoms with E-state index in [9.17, 15) is 4.79 Å². The van der Waals surface area contributed by atoms with Crippen molar-refractivity contribution in [3.63, 3.8) is 0 Å². The Morgan fingerprint density at radius 1 is 0.792 bits per heavy atom. The highest BCUT2D eigenvalue weighted by molar-refractivity contribution is 6.06. The number of carbonyl (C=O) groups excluding carboxylic acids is 1. The van der Waals surface area contributed by atoms with Gasteiger partial charge in [-0.05, 0) is 41.3 Å². The van der Waals surface area contributed by atoms with Gasteiger partial charge < -0.3 is 5.32 Å². The average molecular weight is 311 g/mol. The van der Waals surface area contributed by atoms with Gasteiger partial charge in [-0.3, -0.25) is 4.79 Å². The van der Waals surface area contributed by atoms with Crippen molar-refractivity contribution in [2.45, 2.75) is 6.42 Å². The molecular weight excluding hydrogens is 294 g/mol. The van der Waals surface area contributed by atoms with E-state index in [2.05, 4.69) is 41.7 Å². The van der Waals surface area contributed by atoms with Crippen LogP contribution in [0.4, 0.5) is 5.69 Å². The lowest BCUT2D eigenvalue weighted by atomic mass is 10.0. The predicted molar refractivity (Wildman–Crippen MR) is 98.9 cm³/mol. The summed E-state index contributed by atoms with van der Waals surface area (Å²) in [5, 5.41) is 3.05. The Labute approximate surface area is 141 Å². The molecule has 0 aliphatic heterocycles. The predicted octanol–water partition coefficient (Wildman–Crippen LogP) is 5.04. The number of para-hydroxylation sites is 1. The molecule has 116 valence electrons. The summed E-state index contributed by atoms with van der Waals surface area (Å²) in [6.45, 7) is 0. The minimum Gasteiger partial charge on any atom is -0.321 e.